The molecule has 0 spiro atoms. The van der Waals surface area contributed by atoms with Gasteiger partial charge in [0.05, 0.1) is 20.0 Å². The van der Waals surface area contributed by atoms with E-state index in [1.54, 1.807) is 22.9 Å². The van der Waals surface area contributed by atoms with E-state index in [1.165, 1.54) is 14.2 Å². The highest BCUT2D eigenvalue weighted by molar-refractivity contribution is 7.99. The van der Waals surface area contributed by atoms with E-state index < -0.39 is 6.29 Å². The van der Waals surface area contributed by atoms with Gasteiger partial charge in [-0.25, -0.2) is 4.98 Å². The summed E-state index contributed by atoms with van der Waals surface area (Å²) in [5.74, 6) is 2.45. The molecule has 0 aliphatic heterocycles. The predicted octanol–water partition coefficient (Wildman–Crippen LogP) is 1.65. The molecule has 0 saturated heterocycles. The summed E-state index contributed by atoms with van der Waals surface area (Å²) in [5, 5.41) is 27.2. The Morgan fingerprint density at radius 1 is 1.19 bits per heavy atom. The number of hydrogen-bond acceptors (Lipinski definition) is 9. The first-order valence-electron chi connectivity index (χ1n) is 7.63. The van der Waals surface area contributed by atoms with Crippen LogP contribution in [-0.2, 0) is 0 Å². The summed E-state index contributed by atoms with van der Waals surface area (Å²) in [5.41, 5.74) is 0.487. The third-order valence-corrected chi connectivity index (χ3v) is 4.43. The Morgan fingerprint density at radius 2 is 2.00 bits per heavy atom. The van der Waals surface area contributed by atoms with Crippen LogP contribution in [0.25, 0.3) is 17.3 Å². The van der Waals surface area contributed by atoms with Crippen LogP contribution < -0.4 is 9.47 Å². The van der Waals surface area contributed by atoms with Crippen molar-refractivity contribution in [1.29, 1.82) is 0 Å². The van der Waals surface area contributed by atoms with Crippen LogP contribution in [0.1, 0.15) is 5.76 Å². The molecule has 2 N–H and O–H groups in total. The molecule has 0 amide bonds. The van der Waals surface area contributed by atoms with E-state index in [4.69, 9.17) is 13.9 Å². The number of furan rings is 1. The van der Waals surface area contributed by atoms with Gasteiger partial charge in [0, 0.05) is 12.3 Å². The van der Waals surface area contributed by atoms with E-state index in [9.17, 15) is 10.2 Å². The van der Waals surface area contributed by atoms with E-state index in [0.717, 1.165) is 17.5 Å². The van der Waals surface area contributed by atoms with Crippen molar-refractivity contribution in [2.45, 2.75) is 18.4 Å². The first-order chi connectivity index (χ1) is 12.5. The molecule has 9 nitrogen and oxygen atoms in total. The lowest BCUT2D eigenvalue weighted by Crippen LogP contribution is -2.10. The Labute approximate surface area is 153 Å². The second-order valence-corrected chi connectivity index (χ2v) is 6.20. The van der Waals surface area contributed by atoms with Gasteiger partial charge < -0.3 is 24.1 Å². The zero-order valence-corrected chi connectivity index (χ0v) is 15.2. The van der Waals surface area contributed by atoms with Gasteiger partial charge in [-0.2, -0.15) is 0 Å². The Morgan fingerprint density at radius 3 is 2.62 bits per heavy atom. The molecular weight excluding hydrogens is 360 g/mol. The third kappa shape index (κ3) is 3.52. The molecule has 138 valence electrons. The molecule has 26 heavy (non-hydrogen) atoms. The van der Waals surface area contributed by atoms with E-state index in [1.807, 2.05) is 13.0 Å². The van der Waals surface area contributed by atoms with Crippen molar-refractivity contribution in [3.8, 4) is 28.9 Å². The van der Waals surface area contributed by atoms with Crippen molar-refractivity contribution < 1.29 is 24.1 Å². The van der Waals surface area contributed by atoms with Crippen molar-refractivity contribution in [2.24, 2.45) is 0 Å². The Balaban J connectivity index is 2.22. The molecule has 0 unspecified atom stereocenters. The maximum absolute atomic E-state index is 9.20. The number of aliphatic hydroxyl groups excluding tert-OH is 1. The van der Waals surface area contributed by atoms with Gasteiger partial charge in [0.25, 0.3) is 0 Å². The summed E-state index contributed by atoms with van der Waals surface area (Å²) in [7, 11) is 3.03. The van der Waals surface area contributed by atoms with E-state index in [2.05, 4.69) is 15.2 Å². The fraction of sp³-hybridized carbons (Fsp3) is 0.312. The number of thioether (sulfide) groups is 1. The van der Waals surface area contributed by atoms with Gasteiger partial charge in [-0.15, -0.1) is 10.2 Å². The summed E-state index contributed by atoms with van der Waals surface area (Å²) in [6.07, 6.45) is 0.0733. The largest absolute Gasteiger partial charge is 0.494 e. The maximum atomic E-state index is 9.20. The third-order valence-electron chi connectivity index (χ3n) is 3.45. The Bertz CT molecular complexity index is 870. The molecule has 3 rings (SSSR count). The smallest absolute Gasteiger partial charge is 0.242 e. The van der Waals surface area contributed by atoms with Gasteiger partial charge in [-0.1, -0.05) is 11.8 Å². The highest BCUT2D eigenvalue weighted by atomic mass is 32.2. The SMILES string of the molecule is COc1ccnc(OC)c1-n1c(SCC(O)O)nnc1-c1ccc(C)o1. The number of aromatic nitrogens is 4. The number of methoxy groups -OCH3 is 2. The second-order valence-electron chi connectivity index (χ2n) is 5.21. The minimum atomic E-state index is -1.49. The van der Waals surface area contributed by atoms with Gasteiger partial charge in [0.1, 0.15) is 11.5 Å². The molecule has 3 heterocycles. The quantitative estimate of drug-likeness (QED) is 0.467. The molecule has 3 aromatic rings. The van der Waals surface area contributed by atoms with Crippen LogP contribution in [0.15, 0.2) is 34.0 Å². The fourth-order valence-electron chi connectivity index (χ4n) is 2.37. The lowest BCUT2D eigenvalue weighted by molar-refractivity contribution is -0.0186. The molecule has 0 aliphatic carbocycles. The van der Waals surface area contributed by atoms with Crippen LogP contribution in [0.5, 0.6) is 11.6 Å². The van der Waals surface area contributed by atoms with Crippen molar-refractivity contribution >= 4 is 11.8 Å². The number of ether oxygens (including phenoxy) is 2. The van der Waals surface area contributed by atoms with Gasteiger partial charge in [-0.3, -0.25) is 4.57 Å². The summed E-state index contributed by atoms with van der Waals surface area (Å²) in [4.78, 5) is 4.22. The van der Waals surface area contributed by atoms with E-state index in [0.29, 0.717) is 34.1 Å². The highest BCUT2D eigenvalue weighted by Crippen LogP contribution is 2.37. The van der Waals surface area contributed by atoms with Crippen molar-refractivity contribution in [2.75, 3.05) is 20.0 Å². The Kier molecular flexibility index (Phi) is 5.45. The van der Waals surface area contributed by atoms with Gasteiger partial charge in [0.2, 0.25) is 11.7 Å². The van der Waals surface area contributed by atoms with Gasteiger partial charge >= 0.3 is 0 Å². The second kappa shape index (κ2) is 7.77. The summed E-state index contributed by atoms with van der Waals surface area (Å²) >= 11 is 1.12. The molecule has 0 fully saturated rings. The fourth-order valence-corrected chi connectivity index (χ4v) is 3.07. The number of hydrogen-bond donors (Lipinski definition) is 2. The van der Waals surface area contributed by atoms with Crippen molar-refractivity contribution in [3.05, 3.63) is 30.2 Å². The molecule has 3 aromatic heterocycles. The van der Waals surface area contributed by atoms with Crippen LogP contribution in [0.3, 0.4) is 0 Å². The maximum Gasteiger partial charge on any atom is 0.242 e. The molecule has 0 aliphatic rings. The summed E-state index contributed by atoms with van der Waals surface area (Å²) < 4.78 is 18.2. The van der Waals surface area contributed by atoms with Crippen molar-refractivity contribution in [1.82, 2.24) is 19.7 Å². The standard InChI is InChI=1S/C16H18N4O5S/c1-9-4-5-11(25-9)14-18-19-16(26-8-12(21)22)20(14)13-10(23-2)6-7-17-15(13)24-3/h4-7,12,21-22H,8H2,1-3H3. The predicted molar refractivity (Wildman–Crippen MR) is 93.6 cm³/mol. The molecule has 0 saturated carbocycles. The molecule has 0 atom stereocenters. The van der Waals surface area contributed by atoms with Crippen LogP contribution in [-0.4, -0.2) is 56.2 Å². The average molecular weight is 378 g/mol. The molecule has 0 aromatic carbocycles. The number of pyridine rings is 1. The summed E-state index contributed by atoms with van der Waals surface area (Å²) in [6.45, 7) is 1.83. The lowest BCUT2D eigenvalue weighted by Gasteiger charge is -2.15. The van der Waals surface area contributed by atoms with Crippen LogP contribution >= 0.6 is 11.8 Å². The molecule has 0 radical (unpaired) electrons. The topological polar surface area (TPSA) is 116 Å². The van der Waals surface area contributed by atoms with Crippen LogP contribution in [0.4, 0.5) is 0 Å². The highest BCUT2D eigenvalue weighted by Gasteiger charge is 2.25. The average Bonchev–Trinajstić information content (AvgIpc) is 3.24. The minimum absolute atomic E-state index is 0.0141. The monoisotopic (exact) mass is 378 g/mol. The minimum Gasteiger partial charge on any atom is -0.494 e. The van der Waals surface area contributed by atoms with Crippen LogP contribution in [0, 0.1) is 6.92 Å². The Hall–Kier alpha value is -2.56. The van der Waals surface area contributed by atoms with Crippen molar-refractivity contribution in [3.63, 3.8) is 0 Å². The molecule has 10 heteroatoms. The lowest BCUT2D eigenvalue weighted by atomic mass is 10.3. The zero-order chi connectivity index (χ0) is 18.7. The van der Waals surface area contributed by atoms with E-state index in [-0.39, 0.29) is 5.75 Å². The van der Waals surface area contributed by atoms with Gasteiger partial charge in [-0.05, 0) is 19.1 Å². The first-order valence-corrected chi connectivity index (χ1v) is 8.62. The molecular formula is C16H18N4O5S. The summed E-state index contributed by atoms with van der Waals surface area (Å²) in [6, 6.07) is 5.28. The number of rotatable bonds is 7. The number of aryl methyl sites for hydroxylation is 1. The van der Waals surface area contributed by atoms with Crippen LogP contribution in [0.2, 0.25) is 0 Å². The normalized spacial score (nSPS) is 11.2. The van der Waals surface area contributed by atoms with Gasteiger partial charge in [0.15, 0.2) is 22.9 Å². The molecule has 0 bridgehead atoms. The zero-order valence-electron chi connectivity index (χ0n) is 14.4. The first kappa shape index (κ1) is 18.2. The number of nitrogens with zero attached hydrogens (tertiary/aromatic N) is 4. The van der Waals surface area contributed by atoms with E-state index >= 15 is 0 Å². The number of aliphatic hydroxyl groups is 2.